The van der Waals surface area contributed by atoms with Crippen LogP contribution in [0, 0.1) is 20.8 Å². The molecular weight excluding hydrogens is 396 g/mol. The molecule has 3 rings (SSSR count). The number of hydrogen-bond acceptors (Lipinski definition) is 3. The first-order chi connectivity index (χ1) is 14.2. The van der Waals surface area contributed by atoms with E-state index in [0.29, 0.717) is 5.69 Å². The Labute approximate surface area is 178 Å². The summed E-state index contributed by atoms with van der Waals surface area (Å²) in [7, 11) is -3.86. The van der Waals surface area contributed by atoms with Gasteiger partial charge in [0.1, 0.15) is 6.04 Å². The smallest absolute Gasteiger partial charge is 0.242 e. The van der Waals surface area contributed by atoms with Crippen molar-refractivity contribution in [2.45, 2.75) is 38.1 Å². The molecule has 0 unspecified atom stereocenters. The van der Waals surface area contributed by atoms with Crippen LogP contribution in [0.15, 0.2) is 77.7 Å². The minimum atomic E-state index is -3.86. The average Bonchev–Trinajstić information content (AvgIpc) is 2.71. The van der Waals surface area contributed by atoms with E-state index in [-0.39, 0.29) is 11.3 Å². The summed E-state index contributed by atoms with van der Waals surface area (Å²) in [5, 5.41) is 2.89. The first kappa shape index (κ1) is 21.7. The molecule has 0 aliphatic rings. The number of sulfonamides is 1. The van der Waals surface area contributed by atoms with Gasteiger partial charge in [-0.1, -0.05) is 60.2 Å². The normalized spacial score (nSPS) is 12.4. The molecule has 1 amide bonds. The van der Waals surface area contributed by atoms with Gasteiger partial charge in [-0.25, -0.2) is 8.42 Å². The number of amides is 1. The summed E-state index contributed by atoms with van der Waals surface area (Å²) in [5.41, 5.74) is 4.42. The standard InChI is InChI=1S/C24H26N2O3S/c1-17-10-13-21(14-11-17)30(28,29)26-23(16-20-7-5-4-6-8-20)24(27)25-22-15-18(2)9-12-19(22)3/h4-15,23,26H,16H2,1-3H3,(H,25,27)/t23-/m1/s1. The van der Waals surface area contributed by atoms with Gasteiger partial charge in [-0.2, -0.15) is 4.72 Å². The highest BCUT2D eigenvalue weighted by atomic mass is 32.2. The molecule has 156 valence electrons. The highest BCUT2D eigenvalue weighted by Crippen LogP contribution is 2.18. The van der Waals surface area contributed by atoms with Gasteiger partial charge in [0.15, 0.2) is 0 Å². The molecule has 0 bridgehead atoms. The first-order valence-corrected chi connectivity index (χ1v) is 11.2. The molecule has 30 heavy (non-hydrogen) atoms. The van der Waals surface area contributed by atoms with Crippen LogP contribution in [-0.2, 0) is 21.2 Å². The van der Waals surface area contributed by atoms with Crippen LogP contribution < -0.4 is 10.0 Å². The molecule has 0 aliphatic heterocycles. The van der Waals surface area contributed by atoms with Crippen molar-refractivity contribution in [1.82, 2.24) is 4.72 Å². The zero-order chi connectivity index (χ0) is 21.7. The highest BCUT2D eigenvalue weighted by molar-refractivity contribution is 7.89. The molecule has 0 spiro atoms. The molecule has 0 saturated heterocycles. The largest absolute Gasteiger partial charge is 0.324 e. The van der Waals surface area contributed by atoms with Gasteiger partial charge in [-0.3, -0.25) is 4.79 Å². The molecule has 0 aliphatic carbocycles. The number of rotatable bonds is 7. The van der Waals surface area contributed by atoms with Crippen molar-refractivity contribution < 1.29 is 13.2 Å². The van der Waals surface area contributed by atoms with Crippen molar-refractivity contribution in [1.29, 1.82) is 0 Å². The zero-order valence-electron chi connectivity index (χ0n) is 17.3. The minimum absolute atomic E-state index is 0.130. The Kier molecular flexibility index (Phi) is 6.70. The number of carbonyl (C=O) groups excluding carboxylic acids is 1. The van der Waals surface area contributed by atoms with Gasteiger partial charge >= 0.3 is 0 Å². The third-order valence-electron chi connectivity index (χ3n) is 4.88. The number of nitrogens with one attached hydrogen (secondary N) is 2. The van der Waals surface area contributed by atoms with E-state index in [2.05, 4.69) is 10.0 Å². The Balaban J connectivity index is 1.88. The second-order valence-corrected chi connectivity index (χ2v) is 9.20. The van der Waals surface area contributed by atoms with Gasteiger partial charge in [-0.15, -0.1) is 0 Å². The maximum Gasteiger partial charge on any atom is 0.242 e. The van der Waals surface area contributed by atoms with E-state index >= 15 is 0 Å². The van der Waals surface area contributed by atoms with E-state index in [4.69, 9.17) is 0 Å². The monoisotopic (exact) mass is 422 g/mol. The van der Waals surface area contributed by atoms with E-state index in [9.17, 15) is 13.2 Å². The van der Waals surface area contributed by atoms with Crippen LogP contribution in [0.5, 0.6) is 0 Å². The number of aryl methyl sites for hydroxylation is 3. The average molecular weight is 423 g/mol. The zero-order valence-corrected chi connectivity index (χ0v) is 18.2. The number of carbonyl (C=O) groups is 1. The van der Waals surface area contributed by atoms with E-state index < -0.39 is 22.0 Å². The third-order valence-corrected chi connectivity index (χ3v) is 6.37. The fourth-order valence-electron chi connectivity index (χ4n) is 3.10. The predicted octanol–water partition coefficient (Wildman–Crippen LogP) is 4.14. The first-order valence-electron chi connectivity index (χ1n) is 9.75. The molecule has 3 aromatic carbocycles. The van der Waals surface area contributed by atoms with Crippen molar-refractivity contribution in [3.63, 3.8) is 0 Å². The molecule has 0 heterocycles. The lowest BCUT2D eigenvalue weighted by molar-refractivity contribution is -0.117. The summed E-state index contributed by atoms with van der Waals surface area (Å²) in [6, 6.07) is 20.7. The maximum absolute atomic E-state index is 13.1. The Morgan fingerprint density at radius 1 is 0.867 bits per heavy atom. The lowest BCUT2D eigenvalue weighted by Crippen LogP contribution is -2.45. The van der Waals surface area contributed by atoms with Crippen LogP contribution in [0.1, 0.15) is 22.3 Å². The van der Waals surface area contributed by atoms with Crippen molar-refractivity contribution in [2.75, 3.05) is 5.32 Å². The number of hydrogen-bond donors (Lipinski definition) is 2. The predicted molar refractivity (Wildman–Crippen MR) is 120 cm³/mol. The lowest BCUT2D eigenvalue weighted by Gasteiger charge is -2.20. The second kappa shape index (κ2) is 9.24. The van der Waals surface area contributed by atoms with E-state index in [1.165, 1.54) is 0 Å². The molecule has 2 N–H and O–H groups in total. The number of anilines is 1. The topological polar surface area (TPSA) is 75.3 Å². The summed E-state index contributed by atoms with van der Waals surface area (Å²) in [6.45, 7) is 5.73. The van der Waals surface area contributed by atoms with Crippen molar-refractivity contribution in [3.05, 3.63) is 95.1 Å². The van der Waals surface area contributed by atoms with Crippen LogP contribution in [0.25, 0.3) is 0 Å². The van der Waals surface area contributed by atoms with E-state index in [0.717, 1.165) is 22.3 Å². The summed E-state index contributed by atoms with van der Waals surface area (Å²) >= 11 is 0. The van der Waals surface area contributed by atoms with Gasteiger partial charge in [-0.05, 0) is 62.1 Å². The lowest BCUT2D eigenvalue weighted by atomic mass is 10.1. The summed E-state index contributed by atoms with van der Waals surface area (Å²) in [5.74, 6) is -0.400. The summed E-state index contributed by atoms with van der Waals surface area (Å²) < 4.78 is 28.5. The van der Waals surface area contributed by atoms with Crippen LogP contribution >= 0.6 is 0 Å². The molecule has 5 nitrogen and oxygen atoms in total. The summed E-state index contributed by atoms with van der Waals surface area (Å²) in [4.78, 5) is 13.2. The molecule has 6 heteroatoms. The van der Waals surface area contributed by atoms with Gasteiger partial charge < -0.3 is 5.32 Å². The molecule has 1 atom stereocenters. The SMILES string of the molecule is Cc1ccc(S(=O)(=O)N[C@H](Cc2ccccc2)C(=O)Nc2cc(C)ccc2C)cc1. The molecule has 0 aromatic heterocycles. The van der Waals surface area contributed by atoms with Gasteiger partial charge in [0.05, 0.1) is 4.90 Å². The summed E-state index contributed by atoms with van der Waals surface area (Å²) in [6.07, 6.45) is 0.239. The van der Waals surface area contributed by atoms with Crippen LogP contribution in [0.3, 0.4) is 0 Å². The Morgan fingerprint density at radius 3 is 2.17 bits per heavy atom. The molecule has 0 saturated carbocycles. The van der Waals surface area contributed by atoms with Crippen molar-refractivity contribution in [3.8, 4) is 0 Å². The van der Waals surface area contributed by atoms with Crippen LogP contribution in [0.2, 0.25) is 0 Å². The third kappa shape index (κ3) is 5.55. The Hall–Kier alpha value is -2.96. The molecule has 0 radical (unpaired) electrons. The molecule has 3 aromatic rings. The fraction of sp³-hybridized carbons (Fsp3) is 0.208. The van der Waals surface area contributed by atoms with Crippen LogP contribution in [-0.4, -0.2) is 20.4 Å². The highest BCUT2D eigenvalue weighted by Gasteiger charge is 2.26. The van der Waals surface area contributed by atoms with Gasteiger partial charge in [0.2, 0.25) is 15.9 Å². The van der Waals surface area contributed by atoms with Crippen molar-refractivity contribution in [2.24, 2.45) is 0 Å². The Morgan fingerprint density at radius 2 is 1.50 bits per heavy atom. The van der Waals surface area contributed by atoms with E-state index in [1.807, 2.05) is 69.3 Å². The number of benzene rings is 3. The quantitative estimate of drug-likeness (QED) is 0.601. The van der Waals surface area contributed by atoms with E-state index in [1.54, 1.807) is 24.3 Å². The Bertz CT molecular complexity index is 1120. The fourth-order valence-corrected chi connectivity index (χ4v) is 4.30. The van der Waals surface area contributed by atoms with Gasteiger partial charge in [0, 0.05) is 5.69 Å². The molecular formula is C24H26N2O3S. The minimum Gasteiger partial charge on any atom is -0.324 e. The van der Waals surface area contributed by atoms with Crippen LogP contribution in [0.4, 0.5) is 5.69 Å². The van der Waals surface area contributed by atoms with Gasteiger partial charge in [0.25, 0.3) is 0 Å². The van der Waals surface area contributed by atoms with Crippen molar-refractivity contribution >= 4 is 21.6 Å². The second-order valence-electron chi connectivity index (χ2n) is 7.48. The maximum atomic E-state index is 13.1. The molecule has 0 fully saturated rings.